The van der Waals surface area contributed by atoms with Crippen LogP contribution in [0, 0.1) is 5.92 Å². The smallest absolute Gasteiger partial charge is 0.255 e. The Labute approximate surface area is 131 Å². The Morgan fingerprint density at radius 1 is 1.32 bits per heavy atom. The standard InChI is InChI=1S/C16H24N4O2/c1-3-17-15(21)11-19-14-5-4-13(10-18-14)16(22)20-8-6-12(2)7-9-20/h4-5,10,12H,3,6-9,11H2,1-2H3,(H,17,21)(H,18,19). The number of rotatable bonds is 5. The summed E-state index contributed by atoms with van der Waals surface area (Å²) in [6.45, 7) is 6.51. The highest BCUT2D eigenvalue weighted by Crippen LogP contribution is 2.18. The average Bonchev–Trinajstić information content (AvgIpc) is 2.54. The molecule has 0 unspecified atom stereocenters. The molecule has 0 aliphatic carbocycles. The summed E-state index contributed by atoms with van der Waals surface area (Å²) >= 11 is 0. The van der Waals surface area contributed by atoms with Crippen molar-refractivity contribution in [1.29, 1.82) is 0 Å². The Bertz CT molecular complexity index is 507. The molecule has 1 saturated heterocycles. The van der Waals surface area contributed by atoms with Gasteiger partial charge in [0.15, 0.2) is 0 Å². The second-order valence-electron chi connectivity index (χ2n) is 5.71. The van der Waals surface area contributed by atoms with Gasteiger partial charge in [0.2, 0.25) is 5.91 Å². The molecule has 1 aliphatic rings. The highest BCUT2D eigenvalue weighted by atomic mass is 16.2. The minimum absolute atomic E-state index is 0.0367. The van der Waals surface area contributed by atoms with E-state index in [-0.39, 0.29) is 18.4 Å². The zero-order valence-electron chi connectivity index (χ0n) is 13.3. The van der Waals surface area contributed by atoms with Crippen molar-refractivity contribution in [2.24, 2.45) is 5.92 Å². The lowest BCUT2D eigenvalue weighted by Crippen LogP contribution is -2.37. The van der Waals surface area contributed by atoms with Crippen LogP contribution < -0.4 is 10.6 Å². The van der Waals surface area contributed by atoms with Crippen LogP contribution in [0.25, 0.3) is 0 Å². The second kappa shape index (κ2) is 7.77. The van der Waals surface area contributed by atoms with E-state index in [9.17, 15) is 9.59 Å². The summed E-state index contributed by atoms with van der Waals surface area (Å²) < 4.78 is 0. The number of piperidine rings is 1. The maximum absolute atomic E-state index is 12.4. The van der Waals surface area contributed by atoms with Crippen molar-refractivity contribution in [1.82, 2.24) is 15.2 Å². The van der Waals surface area contributed by atoms with Crippen LogP contribution in [0.5, 0.6) is 0 Å². The van der Waals surface area contributed by atoms with Gasteiger partial charge in [0.1, 0.15) is 5.82 Å². The molecule has 22 heavy (non-hydrogen) atoms. The quantitative estimate of drug-likeness (QED) is 0.864. The predicted octanol–water partition coefficient (Wildman–Crippen LogP) is 1.50. The van der Waals surface area contributed by atoms with Gasteiger partial charge in [-0.3, -0.25) is 9.59 Å². The SMILES string of the molecule is CCNC(=O)CNc1ccc(C(=O)N2CCC(C)CC2)cn1. The maximum Gasteiger partial charge on any atom is 0.255 e. The molecule has 0 aromatic carbocycles. The number of anilines is 1. The number of carbonyl (C=O) groups is 2. The van der Waals surface area contributed by atoms with Gasteiger partial charge in [-0.15, -0.1) is 0 Å². The van der Waals surface area contributed by atoms with Crippen LogP contribution in [0.15, 0.2) is 18.3 Å². The molecule has 0 spiro atoms. The molecule has 2 heterocycles. The Morgan fingerprint density at radius 3 is 2.64 bits per heavy atom. The van der Waals surface area contributed by atoms with E-state index in [1.54, 1.807) is 18.3 Å². The van der Waals surface area contributed by atoms with E-state index in [0.29, 0.717) is 23.8 Å². The first kappa shape index (κ1) is 16.3. The topological polar surface area (TPSA) is 74.3 Å². The van der Waals surface area contributed by atoms with Gasteiger partial charge in [0.05, 0.1) is 12.1 Å². The summed E-state index contributed by atoms with van der Waals surface area (Å²) in [6.07, 6.45) is 3.69. The normalized spacial score (nSPS) is 15.5. The van der Waals surface area contributed by atoms with E-state index in [4.69, 9.17) is 0 Å². The third-order valence-electron chi connectivity index (χ3n) is 3.89. The minimum Gasteiger partial charge on any atom is -0.361 e. The lowest BCUT2D eigenvalue weighted by Gasteiger charge is -2.30. The van der Waals surface area contributed by atoms with E-state index in [1.165, 1.54) is 0 Å². The fourth-order valence-corrected chi connectivity index (χ4v) is 2.45. The summed E-state index contributed by atoms with van der Waals surface area (Å²) in [6, 6.07) is 3.49. The monoisotopic (exact) mass is 304 g/mol. The molecule has 2 N–H and O–H groups in total. The van der Waals surface area contributed by atoms with Gasteiger partial charge in [0, 0.05) is 25.8 Å². The molecule has 0 bridgehead atoms. The number of carbonyl (C=O) groups excluding carboxylic acids is 2. The van der Waals surface area contributed by atoms with Crippen LogP contribution in [0.3, 0.4) is 0 Å². The number of likely N-dealkylation sites (tertiary alicyclic amines) is 1. The first-order chi connectivity index (χ1) is 10.6. The fourth-order valence-electron chi connectivity index (χ4n) is 2.45. The number of likely N-dealkylation sites (N-methyl/N-ethyl adjacent to an activating group) is 1. The molecule has 2 rings (SSSR count). The van der Waals surface area contributed by atoms with Gasteiger partial charge in [0.25, 0.3) is 5.91 Å². The zero-order valence-corrected chi connectivity index (χ0v) is 13.3. The summed E-state index contributed by atoms with van der Waals surface area (Å²) in [5, 5.41) is 5.63. The number of hydrogen-bond acceptors (Lipinski definition) is 4. The number of amides is 2. The lowest BCUT2D eigenvalue weighted by molar-refractivity contribution is -0.119. The average molecular weight is 304 g/mol. The van der Waals surface area contributed by atoms with Crippen LogP contribution in [0.1, 0.15) is 37.0 Å². The third-order valence-corrected chi connectivity index (χ3v) is 3.89. The highest BCUT2D eigenvalue weighted by Gasteiger charge is 2.21. The molecule has 1 aliphatic heterocycles. The van der Waals surface area contributed by atoms with Gasteiger partial charge in [-0.05, 0) is 37.8 Å². The van der Waals surface area contributed by atoms with E-state index in [0.717, 1.165) is 25.9 Å². The number of aromatic nitrogens is 1. The zero-order chi connectivity index (χ0) is 15.9. The van der Waals surface area contributed by atoms with Crippen LogP contribution >= 0.6 is 0 Å². The predicted molar refractivity (Wildman–Crippen MR) is 85.7 cm³/mol. The maximum atomic E-state index is 12.4. The van der Waals surface area contributed by atoms with Crippen molar-refractivity contribution in [3.8, 4) is 0 Å². The molecule has 1 aromatic heterocycles. The van der Waals surface area contributed by atoms with Crippen molar-refractivity contribution in [2.45, 2.75) is 26.7 Å². The largest absolute Gasteiger partial charge is 0.361 e. The van der Waals surface area contributed by atoms with E-state index >= 15 is 0 Å². The van der Waals surface area contributed by atoms with Crippen LogP contribution in [0.4, 0.5) is 5.82 Å². The Hall–Kier alpha value is -2.11. The van der Waals surface area contributed by atoms with Gasteiger partial charge < -0.3 is 15.5 Å². The summed E-state index contributed by atoms with van der Waals surface area (Å²) in [5.41, 5.74) is 0.595. The Balaban J connectivity index is 1.88. The van der Waals surface area contributed by atoms with Crippen molar-refractivity contribution < 1.29 is 9.59 Å². The van der Waals surface area contributed by atoms with Crippen LogP contribution in [-0.2, 0) is 4.79 Å². The lowest BCUT2D eigenvalue weighted by atomic mass is 9.99. The minimum atomic E-state index is -0.0770. The highest BCUT2D eigenvalue weighted by molar-refractivity contribution is 5.94. The van der Waals surface area contributed by atoms with Crippen molar-refractivity contribution >= 4 is 17.6 Å². The van der Waals surface area contributed by atoms with Crippen molar-refractivity contribution in [3.63, 3.8) is 0 Å². The van der Waals surface area contributed by atoms with E-state index in [2.05, 4.69) is 22.5 Å². The number of hydrogen-bond donors (Lipinski definition) is 2. The second-order valence-corrected chi connectivity index (χ2v) is 5.71. The molecule has 0 atom stereocenters. The third kappa shape index (κ3) is 4.44. The molecule has 1 fully saturated rings. The van der Waals surface area contributed by atoms with Crippen LogP contribution in [-0.4, -0.2) is 47.9 Å². The molecule has 6 nitrogen and oxygen atoms in total. The fraction of sp³-hybridized carbons (Fsp3) is 0.562. The molecule has 1 aromatic rings. The van der Waals surface area contributed by atoms with E-state index in [1.807, 2.05) is 11.8 Å². The molecular weight excluding hydrogens is 280 g/mol. The number of pyridine rings is 1. The van der Waals surface area contributed by atoms with Crippen molar-refractivity contribution in [2.75, 3.05) is 31.5 Å². The van der Waals surface area contributed by atoms with Gasteiger partial charge in [-0.2, -0.15) is 0 Å². The summed E-state index contributed by atoms with van der Waals surface area (Å²) in [7, 11) is 0. The number of nitrogens with one attached hydrogen (secondary N) is 2. The van der Waals surface area contributed by atoms with Gasteiger partial charge in [-0.1, -0.05) is 6.92 Å². The Kier molecular flexibility index (Phi) is 5.75. The first-order valence-corrected chi connectivity index (χ1v) is 7.86. The molecule has 120 valence electrons. The molecule has 6 heteroatoms. The number of nitrogens with zero attached hydrogens (tertiary/aromatic N) is 2. The molecule has 2 amide bonds. The van der Waals surface area contributed by atoms with Gasteiger partial charge in [-0.25, -0.2) is 4.98 Å². The van der Waals surface area contributed by atoms with Crippen molar-refractivity contribution in [3.05, 3.63) is 23.9 Å². The van der Waals surface area contributed by atoms with Crippen LogP contribution in [0.2, 0.25) is 0 Å². The Morgan fingerprint density at radius 2 is 2.05 bits per heavy atom. The molecule has 0 saturated carbocycles. The summed E-state index contributed by atoms with van der Waals surface area (Å²) in [5.74, 6) is 1.25. The first-order valence-electron chi connectivity index (χ1n) is 7.86. The molecular formula is C16H24N4O2. The van der Waals surface area contributed by atoms with E-state index < -0.39 is 0 Å². The van der Waals surface area contributed by atoms with Gasteiger partial charge >= 0.3 is 0 Å². The molecule has 0 radical (unpaired) electrons. The summed E-state index contributed by atoms with van der Waals surface area (Å²) in [4.78, 5) is 29.8.